The molecule has 0 aliphatic heterocycles. The number of benzene rings is 1. The van der Waals surface area contributed by atoms with Crippen LogP contribution in [0.5, 0.6) is 0 Å². The van der Waals surface area contributed by atoms with Gasteiger partial charge in [0.25, 0.3) is 0 Å². The maximum atomic E-state index is 13.5. The molecule has 0 aliphatic rings. The van der Waals surface area contributed by atoms with Crippen LogP contribution in [0.1, 0.15) is 22.7 Å². The van der Waals surface area contributed by atoms with E-state index in [0.717, 1.165) is 5.56 Å². The van der Waals surface area contributed by atoms with Gasteiger partial charge in [-0.2, -0.15) is 11.3 Å². The Morgan fingerprint density at radius 2 is 1.71 bits per heavy atom. The number of halogens is 3. The first-order valence-corrected chi connectivity index (χ1v) is 5.87. The molecule has 5 heteroatoms. The second kappa shape index (κ2) is 4.50. The van der Waals surface area contributed by atoms with Crippen molar-refractivity contribution in [3.05, 3.63) is 57.0 Å². The van der Waals surface area contributed by atoms with Gasteiger partial charge in [-0.1, -0.05) is 0 Å². The first kappa shape index (κ1) is 12.1. The van der Waals surface area contributed by atoms with Gasteiger partial charge in [0.05, 0.1) is 6.04 Å². The lowest BCUT2D eigenvalue weighted by Gasteiger charge is -2.14. The van der Waals surface area contributed by atoms with Gasteiger partial charge in [0, 0.05) is 17.7 Å². The molecule has 0 bridgehead atoms. The molecule has 0 radical (unpaired) electrons. The summed E-state index contributed by atoms with van der Waals surface area (Å²) in [6.45, 7) is 1.81. The molecule has 1 aromatic heterocycles. The van der Waals surface area contributed by atoms with Crippen LogP contribution in [0.25, 0.3) is 0 Å². The molecular formula is C12H10F3NS. The van der Waals surface area contributed by atoms with E-state index < -0.39 is 23.5 Å². The standard InChI is InChI=1S/C12H10F3NS/c1-6-4-17-5-8(6)12(16)11-9(14)2-7(13)3-10(11)15/h2-5,12H,16H2,1H3. The van der Waals surface area contributed by atoms with Crippen molar-refractivity contribution in [2.24, 2.45) is 5.73 Å². The molecule has 2 rings (SSSR count). The highest BCUT2D eigenvalue weighted by atomic mass is 32.1. The Morgan fingerprint density at radius 3 is 2.18 bits per heavy atom. The van der Waals surface area contributed by atoms with E-state index in [1.165, 1.54) is 11.3 Å². The van der Waals surface area contributed by atoms with E-state index in [2.05, 4.69) is 0 Å². The highest BCUT2D eigenvalue weighted by Crippen LogP contribution is 2.29. The summed E-state index contributed by atoms with van der Waals surface area (Å²) in [5.41, 5.74) is 7.04. The number of hydrogen-bond acceptors (Lipinski definition) is 2. The third-order valence-corrected chi connectivity index (χ3v) is 3.46. The summed E-state index contributed by atoms with van der Waals surface area (Å²) < 4.78 is 39.8. The van der Waals surface area contributed by atoms with Gasteiger partial charge in [-0.05, 0) is 28.8 Å². The monoisotopic (exact) mass is 257 g/mol. The summed E-state index contributed by atoms with van der Waals surface area (Å²) in [5.74, 6) is -2.86. The molecule has 2 aromatic rings. The van der Waals surface area contributed by atoms with Crippen molar-refractivity contribution in [3.8, 4) is 0 Å². The Morgan fingerprint density at radius 1 is 1.12 bits per heavy atom. The second-order valence-electron chi connectivity index (χ2n) is 3.77. The van der Waals surface area contributed by atoms with Crippen molar-refractivity contribution in [3.63, 3.8) is 0 Å². The first-order valence-electron chi connectivity index (χ1n) is 4.93. The molecule has 1 nitrogen and oxygen atoms in total. The zero-order valence-electron chi connectivity index (χ0n) is 9.01. The third kappa shape index (κ3) is 2.21. The van der Waals surface area contributed by atoms with Crippen molar-refractivity contribution < 1.29 is 13.2 Å². The fourth-order valence-electron chi connectivity index (χ4n) is 1.69. The Bertz CT molecular complexity index is 527. The van der Waals surface area contributed by atoms with Crippen LogP contribution >= 0.6 is 11.3 Å². The smallest absolute Gasteiger partial charge is 0.134 e. The summed E-state index contributed by atoms with van der Waals surface area (Å²) in [6.07, 6.45) is 0. The van der Waals surface area contributed by atoms with Crippen LogP contribution in [0.4, 0.5) is 13.2 Å². The van der Waals surface area contributed by atoms with Gasteiger partial charge in [0.15, 0.2) is 0 Å². The highest BCUT2D eigenvalue weighted by Gasteiger charge is 2.21. The minimum Gasteiger partial charge on any atom is -0.320 e. The van der Waals surface area contributed by atoms with E-state index in [9.17, 15) is 13.2 Å². The predicted octanol–water partition coefficient (Wildman–Crippen LogP) is 3.52. The Balaban J connectivity index is 2.51. The molecule has 1 heterocycles. The van der Waals surface area contributed by atoms with Crippen molar-refractivity contribution in [2.75, 3.05) is 0 Å². The lowest BCUT2D eigenvalue weighted by molar-refractivity contribution is 0.515. The predicted molar refractivity (Wildman–Crippen MR) is 61.4 cm³/mol. The van der Waals surface area contributed by atoms with E-state index in [1.54, 1.807) is 5.38 Å². The van der Waals surface area contributed by atoms with Crippen LogP contribution in [0, 0.1) is 24.4 Å². The lowest BCUT2D eigenvalue weighted by Crippen LogP contribution is -2.16. The van der Waals surface area contributed by atoms with Crippen molar-refractivity contribution in [1.29, 1.82) is 0 Å². The summed E-state index contributed by atoms with van der Waals surface area (Å²) in [4.78, 5) is 0. The normalized spacial score (nSPS) is 12.8. The largest absolute Gasteiger partial charge is 0.320 e. The minimum atomic E-state index is -0.958. The maximum Gasteiger partial charge on any atom is 0.134 e. The Hall–Kier alpha value is -1.33. The fourth-order valence-corrected chi connectivity index (χ4v) is 2.58. The van der Waals surface area contributed by atoms with Crippen LogP contribution in [0.3, 0.4) is 0 Å². The molecule has 1 unspecified atom stereocenters. The second-order valence-corrected chi connectivity index (χ2v) is 4.51. The van der Waals surface area contributed by atoms with Crippen LogP contribution in [-0.4, -0.2) is 0 Å². The average molecular weight is 257 g/mol. The molecule has 1 atom stereocenters. The summed E-state index contributed by atoms with van der Waals surface area (Å²) in [6, 6.07) is 0.363. The molecule has 0 saturated heterocycles. The van der Waals surface area contributed by atoms with Gasteiger partial charge in [-0.25, -0.2) is 13.2 Å². The molecule has 0 spiro atoms. The molecule has 0 aliphatic carbocycles. The molecule has 1 aromatic carbocycles. The molecule has 0 saturated carbocycles. The first-order chi connectivity index (χ1) is 8.00. The number of aryl methyl sites for hydroxylation is 1. The van der Waals surface area contributed by atoms with Gasteiger partial charge in [-0.3, -0.25) is 0 Å². The lowest BCUT2D eigenvalue weighted by atomic mass is 9.98. The van der Waals surface area contributed by atoms with E-state index in [4.69, 9.17) is 5.73 Å². The van der Waals surface area contributed by atoms with Crippen molar-refractivity contribution >= 4 is 11.3 Å². The van der Waals surface area contributed by atoms with Gasteiger partial charge in [-0.15, -0.1) is 0 Å². The van der Waals surface area contributed by atoms with Crippen molar-refractivity contribution in [2.45, 2.75) is 13.0 Å². The fraction of sp³-hybridized carbons (Fsp3) is 0.167. The summed E-state index contributed by atoms with van der Waals surface area (Å²) in [7, 11) is 0. The number of hydrogen-bond donors (Lipinski definition) is 1. The molecule has 90 valence electrons. The van der Waals surface area contributed by atoms with Gasteiger partial charge >= 0.3 is 0 Å². The quantitative estimate of drug-likeness (QED) is 0.875. The number of nitrogens with two attached hydrogens (primary N) is 1. The summed E-state index contributed by atoms with van der Waals surface area (Å²) >= 11 is 1.41. The highest BCUT2D eigenvalue weighted by molar-refractivity contribution is 7.08. The van der Waals surface area contributed by atoms with E-state index in [-0.39, 0.29) is 5.56 Å². The number of thiophene rings is 1. The van der Waals surface area contributed by atoms with Crippen LogP contribution < -0.4 is 5.73 Å². The van der Waals surface area contributed by atoms with E-state index in [1.807, 2.05) is 12.3 Å². The van der Waals surface area contributed by atoms with E-state index >= 15 is 0 Å². The molecule has 0 fully saturated rings. The van der Waals surface area contributed by atoms with Crippen LogP contribution in [-0.2, 0) is 0 Å². The molecule has 2 N–H and O–H groups in total. The van der Waals surface area contributed by atoms with Gasteiger partial charge < -0.3 is 5.73 Å². The molecular weight excluding hydrogens is 247 g/mol. The van der Waals surface area contributed by atoms with Crippen LogP contribution in [0.2, 0.25) is 0 Å². The third-order valence-electron chi connectivity index (χ3n) is 2.59. The van der Waals surface area contributed by atoms with Gasteiger partial charge in [0.1, 0.15) is 17.5 Å². The number of rotatable bonds is 2. The minimum absolute atomic E-state index is 0.298. The Kier molecular flexibility index (Phi) is 3.22. The van der Waals surface area contributed by atoms with E-state index in [0.29, 0.717) is 17.7 Å². The van der Waals surface area contributed by atoms with Crippen molar-refractivity contribution in [1.82, 2.24) is 0 Å². The molecule has 0 amide bonds. The zero-order chi connectivity index (χ0) is 12.6. The van der Waals surface area contributed by atoms with Crippen LogP contribution in [0.15, 0.2) is 22.9 Å². The molecule has 17 heavy (non-hydrogen) atoms. The topological polar surface area (TPSA) is 26.0 Å². The van der Waals surface area contributed by atoms with Gasteiger partial charge in [0.2, 0.25) is 0 Å². The average Bonchev–Trinajstić information content (AvgIpc) is 2.62. The Labute approximate surface area is 101 Å². The SMILES string of the molecule is Cc1cscc1C(N)c1c(F)cc(F)cc1F. The zero-order valence-corrected chi connectivity index (χ0v) is 9.82. The summed E-state index contributed by atoms with van der Waals surface area (Å²) in [5, 5.41) is 3.58. The maximum absolute atomic E-state index is 13.5.